The zero-order valence-corrected chi connectivity index (χ0v) is 15.4. The van der Waals surface area contributed by atoms with Crippen LogP contribution < -0.4 is 10.1 Å². The molecule has 0 spiro atoms. The molecule has 0 unspecified atom stereocenters. The third-order valence-corrected chi connectivity index (χ3v) is 4.59. The first-order valence-corrected chi connectivity index (χ1v) is 9.02. The molecule has 3 aromatic rings. The van der Waals surface area contributed by atoms with Gasteiger partial charge in [0.2, 0.25) is 5.91 Å². The maximum atomic E-state index is 12.6. The average molecular weight is 362 g/mol. The molecule has 27 heavy (non-hydrogen) atoms. The van der Waals surface area contributed by atoms with Crippen molar-refractivity contribution in [1.29, 1.82) is 0 Å². The van der Waals surface area contributed by atoms with Crippen LogP contribution in [0.1, 0.15) is 31.9 Å². The number of benzene rings is 2. The molecule has 0 aliphatic carbocycles. The maximum Gasteiger partial charge on any atom is 0.242 e. The molecule has 4 rings (SSSR count). The van der Waals surface area contributed by atoms with Crippen LogP contribution in [0, 0.1) is 0 Å². The van der Waals surface area contributed by atoms with Crippen LogP contribution in [0.15, 0.2) is 60.9 Å². The summed E-state index contributed by atoms with van der Waals surface area (Å²) in [5, 5.41) is 7.53. The highest BCUT2D eigenvalue weighted by atomic mass is 16.5. The summed E-state index contributed by atoms with van der Waals surface area (Å²) in [6.07, 6.45) is 2.30. The fourth-order valence-electron chi connectivity index (χ4n) is 3.41. The van der Waals surface area contributed by atoms with E-state index in [1.54, 1.807) is 11.0 Å². The molecule has 1 aliphatic heterocycles. The monoisotopic (exact) mass is 362 g/mol. The number of aromatic nitrogens is 3. The summed E-state index contributed by atoms with van der Waals surface area (Å²) in [6, 6.07) is 17.5. The van der Waals surface area contributed by atoms with Crippen molar-refractivity contribution in [3.05, 3.63) is 66.5 Å². The summed E-state index contributed by atoms with van der Waals surface area (Å²) in [7, 11) is 0. The van der Waals surface area contributed by atoms with E-state index < -0.39 is 0 Å². The first-order valence-electron chi connectivity index (χ1n) is 9.02. The maximum absolute atomic E-state index is 12.6. The summed E-state index contributed by atoms with van der Waals surface area (Å²) >= 11 is 0. The van der Waals surface area contributed by atoms with Gasteiger partial charge in [-0.3, -0.25) is 4.79 Å². The Morgan fingerprint density at radius 1 is 1.19 bits per heavy atom. The molecule has 2 heterocycles. The van der Waals surface area contributed by atoms with Gasteiger partial charge in [-0.2, -0.15) is 5.10 Å². The lowest BCUT2D eigenvalue weighted by atomic mass is 9.89. The zero-order valence-electron chi connectivity index (χ0n) is 15.4. The van der Waals surface area contributed by atoms with E-state index in [0.29, 0.717) is 12.2 Å². The Morgan fingerprint density at radius 2 is 1.93 bits per heavy atom. The molecule has 0 fully saturated rings. The number of nitrogens with zero attached hydrogens (tertiary/aromatic N) is 3. The van der Waals surface area contributed by atoms with Gasteiger partial charge in [0.05, 0.1) is 6.04 Å². The Labute approximate surface area is 158 Å². The van der Waals surface area contributed by atoms with Gasteiger partial charge < -0.3 is 10.1 Å². The van der Waals surface area contributed by atoms with E-state index in [1.807, 2.05) is 68.4 Å². The van der Waals surface area contributed by atoms with Crippen molar-refractivity contribution in [3.63, 3.8) is 0 Å². The fourth-order valence-corrected chi connectivity index (χ4v) is 3.41. The first kappa shape index (κ1) is 17.3. The molecule has 1 aliphatic rings. The minimum Gasteiger partial charge on any atom is -0.487 e. The van der Waals surface area contributed by atoms with Crippen molar-refractivity contribution in [3.8, 4) is 17.1 Å². The molecule has 0 bridgehead atoms. The molecular weight excluding hydrogens is 340 g/mol. The van der Waals surface area contributed by atoms with Crippen LogP contribution in [-0.4, -0.2) is 26.3 Å². The second-order valence-electron chi connectivity index (χ2n) is 7.36. The number of amides is 1. The highest BCUT2D eigenvalue weighted by Gasteiger charge is 2.34. The predicted molar refractivity (Wildman–Crippen MR) is 102 cm³/mol. The molecule has 0 saturated carbocycles. The van der Waals surface area contributed by atoms with Crippen LogP contribution in [0.2, 0.25) is 0 Å². The van der Waals surface area contributed by atoms with E-state index in [2.05, 4.69) is 15.4 Å². The van der Waals surface area contributed by atoms with Crippen LogP contribution in [0.25, 0.3) is 11.4 Å². The van der Waals surface area contributed by atoms with Crippen LogP contribution in [-0.2, 0) is 11.3 Å². The minimum atomic E-state index is -0.333. The van der Waals surface area contributed by atoms with Crippen molar-refractivity contribution >= 4 is 5.91 Å². The van der Waals surface area contributed by atoms with E-state index in [1.165, 1.54) is 0 Å². The predicted octanol–water partition coefficient (Wildman–Crippen LogP) is 3.36. The van der Waals surface area contributed by atoms with Crippen molar-refractivity contribution < 1.29 is 9.53 Å². The van der Waals surface area contributed by atoms with E-state index >= 15 is 0 Å². The second kappa shape index (κ2) is 6.87. The average Bonchev–Trinajstić information content (AvgIpc) is 3.10. The molecule has 0 radical (unpaired) electrons. The van der Waals surface area contributed by atoms with Gasteiger partial charge in [-0.15, -0.1) is 0 Å². The summed E-state index contributed by atoms with van der Waals surface area (Å²) < 4.78 is 7.59. The smallest absolute Gasteiger partial charge is 0.242 e. The molecule has 1 aromatic heterocycles. The van der Waals surface area contributed by atoms with Crippen LogP contribution >= 0.6 is 0 Å². The molecular formula is C21H22N4O2. The number of hydrogen-bond donors (Lipinski definition) is 1. The number of rotatable bonds is 4. The highest BCUT2D eigenvalue weighted by molar-refractivity contribution is 5.76. The largest absolute Gasteiger partial charge is 0.487 e. The number of carbonyl (C=O) groups excluding carboxylic acids is 1. The number of nitrogens with one attached hydrogen (secondary N) is 1. The third-order valence-electron chi connectivity index (χ3n) is 4.59. The molecule has 6 heteroatoms. The van der Waals surface area contributed by atoms with E-state index in [-0.39, 0.29) is 24.1 Å². The van der Waals surface area contributed by atoms with Gasteiger partial charge in [-0.05, 0) is 19.9 Å². The van der Waals surface area contributed by atoms with Crippen LogP contribution in [0.4, 0.5) is 0 Å². The van der Waals surface area contributed by atoms with Crippen LogP contribution in [0.5, 0.6) is 5.75 Å². The summed E-state index contributed by atoms with van der Waals surface area (Å²) in [5.74, 6) is 1.34. The minimum absolute atomic E-state index is 0.0884. The Balaban J connectivity index is 1.46. The number of fused-ring (bicyclic) bond motifs is 1. The fraction of sp³-hybridized carbons (Fsp3) is 0.286. The second-order valence-corrected chi connectivity index (χ2v) is 7.36. The number of hydrogen-bond acceptors (Lipinski definition) is 4. The van der Waals surface area contributed by atoms with Crippen LogP contribution in [0.3, 0.4) is 0 Å². The number of para-hydroxylation sites is 1. The van der Waals surface area contributed by atoms with Crippen molar-refractivity contribution in [2.75, 3.05) is 0 Å². The Bertz CT molecular complexity index is 950. The normalized spacial score (nSPS) is 17.6. The Kier molecular flexibility index (Phi) is 4.39. The van der Waals surface area contributed by atoms with Crippen molar-refractivity contribution in [1.82, 2.24) is 20.1 Å². The van der Waals surface area contributed by atoms with Gasteiger partial charge in [-0.25, -0.2) is 9.67 Å². The van der Waals surface area contributed by atoms with Gasteiger partial charge in [-0.1, -0.05) is 48.5 Å². The van der Waals surface area contributed by atoms with Gasteiger partial charge in [0.25, 0.3) is 0 Å². The lowest BCUT2D eigenvalue weighted by Crippen LogP contribution is -2.42. The van der Waals surface area contributed by atoms with Gasteiger partial charge in [0, 0.05) is 17.5 Å². The molecule has 1 N–H and O–H groups in total. The number of carbonyl (C=O) groups is 1. The summed E-state index contributed by atoms with van der Waals surface area (Å²) in [6.45, 7) is 4.19. The highest BCUT2D eigenvalue weighted by Crippen LogP contribution is 2.39. The molecule has 1 amide bonds. The first-order chi connectivity index (χ1) is 13.0. The Morgan fingerprint density at radius 3 is 2.74 bits per heavy atom. The van der Waals surface area contributed by atoms with E-state index in [4.69, 9.17) is 4.74 Å². The third kappa shape index (κ3) is 3.84. The SMILES string of the molecule is CC1(C)C[C@H](NC(=O)Cn2cnc(-c3ccccc3)n2)c2ccccc2O1. The van der Waals surface area contributed by atoms with Crippen molar-refractivity contribution in [2.45, 2.75) is 38.5 Å². The molecule has 2 aromatic carbocycles. The number of ether oxygens (including phenoxy) is 1. The van der Waals surface area contributed by atoms with Gasteiger partial charge in [0.1, 0.15) is 24.2 Å². The van der Waals surface area contributed by atoms with E-state index in [9.17, 15) is 4.79 Å². The molecule has 138 valence electrons. The standard InChI is InChI=1S/C21H22N4O2/c1-21(2)12-17(16-10-6-7-11-18(16)27-21)23-19(26)13-25-14-22-20(24-25)15-8-4-3-5-9-15/h3-11,14,17H,12-13H2,1-2H3,(H,23,26)/t17-/m0/s1. The summed E-state index contributed by atoms with van der Waals surface area (Å²) in [5.41, 5.74) is 1.60. The lowest BCUT2D eigenvalue weighted by molar-refractivity contribution is -0.123. The molecule has 1 atom stereocenters. The Hall–Kier alpha value is -3.15. The van der Waals surface area contributed by atoms with Gasteiger partial charge in [0.15, 0.2) is 5.82 Å². The molecule has 6 nitrogen and oxygen atoms in total. The van der Waals surface area contributed by atoms with E-state index in [0.717, 1.165) is 16.9 Å². The lowest BCUT2D eigenvalue weighted by Gasteiger charge is -2.37. The summed E-state index contributed by atoms with van der Waals surface area (Å²) in [4.78, 5) is 16.9. The quantitative estimate of drug-likeness (QED) is 0.773. The molecule has 0 saturated heterocycles. The topological polar surface area (TPSA) is 69.0 Å². The van der Waals surface area contributed by atoms with Gasteiger partial charge >= 0.3 is 0 Å². The van der Waals surface area contributed by atoms with Crippen molar-refractivity contribution in [2.24, 2.45) is 0 Å². The zero-order chi connectivity index (χ0) is 18.9.